The average Bonchev–Trinajstić information content (AvgIpc) is 2.99. The predicted molar refractivity (Wildman–Crippen MR) is 177 cm³/mol. The van der Waals surface area contributed by atoms with Crippen LogP contribution >= 0.6 is 0 Å². The zero-order valence-electron chi connectivity index (χ0n) is 27.4. The molecule has 245 valence electrons. The van der Waals surface area contributed by atoms with Crippen molar-refractivity contribution in [3.05, 3.63) is 29.8 Å². The molecule has 0 bridgehead atoms. The standard InChI is InChI=1S/C37H62NO5/c1-2-3-4-5-6-14-17-20-23-26-35(39)38-34-30-28-33(29-31-34)37(42)43-32-25-22-19-16-13-11-9-7-8-10-12-15-18-21-24-27-36(40)41/h28-31H,2-27,32H2,1H3,(H,38,39). The molecule has 0 saturated heterocycles. The van der Waals surface area contributed by atoms with Crippen molar-refractivity contribution in [2.24, 2.45) is 0 Å². The van der Waals surface area contributed by atoms with Crippen molar-refractivity contribution in [3.63, 3.8) is 0 Å². The van der Waals surface area contributed by atoms with Crippen molar-refractivity contribution < 1.29 is 24.2 Å². The number of esters is 1. The summed E-state index contributed by atoms with van der Waals surface area (Å²) in [6, 6.07) is 6.99. The van der Waals surface area contributed by atoms with Gasteiger partial charge in [-0.05, 0) is 43.5 Å². The second kappa shape index (κ2) is 28.4. The highest BCUT2D eigenvalue weighted by atomic mass is 16.5. The molecule has 0 spiro atoms. The van der Waals surface area contributed by atoms with Gasteiger partial charge in [0.2, 0.25) is 5.91 Å². The maximum Gasteiger partial charge on any atom is 0.355 e. The van der Waals surface area contributed by atoms with Gasteiger partial charge in [0.15, 0.2) is 0 Å². The van der Waals surface area contributed by atoms with E-state index in [1.54, 1.807) is 24.3 Å². The number of carbonyl (C=O) groups excluding carboxylic acids is 3. The summed E-state index contributed by atoms with van der Waals surface area (Å²) in [7, 11) is 0. The Morgan fingerprint density at radius 2 is 0.930 bits per heavy atom. The van der Waals surface area contributed by atoms with Crippen molar-refractivity contribution in [1.29, 1.82) is 0 Å². The summed E-state index contributed by atoms with van der Waals surface area (Å²) in [5, 5.41) is 13.3. The van der Waals surface area contributed by atoms with Gasteiger partial charge in [-0.3, -0.25) is 4.79 Å². The van der Waals surface area contributed by atoms with Crippen LogP contribution in [0.3, 0.4) is 0 Å². The number of anilines is 1. The van der Waals surface area contributed by atoms with Gasteiger partial charge in [-0.15, -0.1) is 0 Å². The second-order valence-electron chi connectivity index (χ2n) is 12.3. The minimum atomic E-state index is -0.928. The van der Waals surface area contributed by atoms with Crippen LogP contribution in [0.5, 0.6) is 0 Å². The number of rotatable bonds is 30. The highest BCUT2D eigenvalue weighted by Gasteiger charge is 2.08. The number of benzene rings is 1. The van der Waals surface area contributed by atoms with Crippen LogP contribution in [-0.4, -0.2) is 24.5 Å². The van der Waals surface area contributed by atoms with Crippen molar-refractivity contribution in [3.8, 4) is 0 Å². The third-order valence-electron chi connectivity index (χ3n) is 8.17. The third-order valence-corrected chi connectivity index (χ3v) is 8.17. The number of amides is 1. The lowest BCUT2D eigenvalue weighted by Crippen LogP contribution is -2.11. The Balaban J connectivity index is 1.93. The van der Waals surface area contributed by atoms with Gasteiger partial charge in [-0.1, -0.05) is 142 Å². The molecule has 0 atom stereocenters. The molecule has 1 radical (unpaired) electrons. The van der Waals surface area contributed by atoms with Crippen LogP contribution in [0.15, 0.2) is 24.3 Å². The van der Waals surface area contributed by atoms with E-state index in [1.165, 1.54) is 109 Å². The topological polar surface area (TPSA) is 92.4 Å². The first-order chi connectivity index (χ1) is 21.0. The first-order valence-corrected chi connectivity index (χ1v) is 17.8. The Hall–Kier alpha value is -2.37. The van der Waals surface area contributed by atoms with Gasteiger partial charge in [0, 0.05) is 12.1 Å². The lowest BCUT2D eigenvalue weighted by molar-refractivity contribution is -0.143. The van der Waals surface area contributed by atoms with E-state index in [2.05, 4.69) is 12.2 Å². The van der Waals surface area contributed by atoms with Gasteiger partial charge >= 0.3 is 11.9 Å². The summed E-state index contributed by atoms with van der Waals surface area (Å²) in [6.07, 6.45) is 29.4. The summed E-state index contributed by atoms with van der Waals surface area (Å²) in [5.74, 6) is -1.20. The van der Waals surface area contributed by atoms with Crippen LogP contribution in [0.1, 0.15) is 184 Å². The van der Waals surface area contributed by atoms with Crippen molar-refractivity contribution in [2.45, 2.75) is 174 Å². The van der Waals surface area contributed by atoms with Crippen LogP contribution in [0.4, 0.5) is 5.69 Å². The van der Waals surface area contributed by atoms with Gasteiger partial charge in [0.1, 0.15) is 0 Å². The maximum atomic E-state index is 12.3. The molecule has 1 rings (SSSR count). The SMILES string of the molecule is CCCCCCCCCCCC(=O)Nc1ccc(C(=O)OCCCCCCCCCCCCCCCCCC([O])=O)cc1. The Morgan fingerprint density at radius 1 is 0.535 bits per heavy atom. The number of unbranched alkanes of at least 4 members (excludes halogenated alkanes) is 22. The number of hydrogen-bond acceptors (Lipinski definition) is 4. The van der Waals surface area contributed by atoms with Crippen LogP contribution < -0.4 is 5.32 Å². The lowest BCUT2D eigenvalue weighted by Gasteiger charge is -2.08. The zero-order chi connectivity index (χ0) is 31.2. The minimum absolute atomic E-state index is 0.0338. The largest absolute Gasteiger partial charge is 0.462 e. The van der Waals surface area contributed by atoms with E-state index in [4.69, 9.17) is 4.74 Å². The molecule has 0 heterocycles. The van der Waals surface area contributed by atoms with E-state index in [0.29, 0.717) is 18.6 Å². The molecular weight excluding hydrogens is 538 g/mol. The molecule has 6 heteroatoms. The monoisotopic (exact) mass is 600 g/mol. The average molecular weight is 601 g/mol. The lowest BCUT2D eigenvalue weighted by atomic mass is 10.0. The second-order valence-corrected chi connectivity index (χ2v) is 12.3. The molecule has 1 amide bonds. The van der Waals surface area contributed by atoms with Gasteiger partial charge in [-0.2, -0.15) is 0 Å². The van der Waals surface area contributed by atoms with Crippen molar-refractivity contribution in [1.82, 2.24) is 0 Å². The Bertz CT molecular complexity index is 823. The van der Waals surface area contributed by atoms with Gasteiger partial charge in [0.05, 0.1) is 18.6 Å². The summed E-state index contributed by atoms with van der Waals surface area (Å²) in [4.78, 5) is 34.9. The molecule has 0 fully saturated rings. The first-order valence-electron chi connectivity index (χ1n) is 17.8. The fourth-order valence-electron chi connectivity index (χ4n) is 5.43. The molecule has 6 nitrogen and oxygen atoms in total. The molecule has 0 aromatic heterocycles. The molecule has 0 saturated carbocycles. The van der Waals surface area contributed by atoms with E-state index >= 15 is 0 Å². The van der Waals surface area contributed by atoms with E-state index in [1.807, 2.05) is 0 Å². The van der Waals surface area contributed by atoms with Crippen LogP contribution in [0.25, 0.3) is 0 Å². The molecular formula is C37H62NO5. The number of hydrogen-bond donors (Lipinski definition) is 1. The van der Waals surface area contributed by atoms with Crippen LogP contribution in [0, 0.1) is 0 Å². The molecule has 0 aliphatic rings. The van der Waals surface area contributed by atoms with Crippen molar-refractivity contribution >= 4 is 23.5 Å². The normalized spacial score (nSPS) is 11.0. The molecule has 1 aromatic carbocycles. The molecule has 43 heavy (non-hydrogen) atoms. The summed E-state index contributed by atoms with van der Waals surface area (Å²) >= 11 is 0. The third kappa shape index (κ3) is 24.7. The molecule has 0 aliphatic heterocycles. The van der Waals surface area contributed by atoms with Crippen LogP contribution in [-0.2, 0) is 19.4 Å². The quantitative estimate of drug-likeness (QED) is 0.0702. The highest BCUT2D eigenvalue weighted by Crippen LogP contribution is 2.16. The highest BCUT2D eigenvalue weighted by molar-refractivity contribution is 5.93. The van der Waals surface area contributed by atoms with Gasteiger partial charge in [0.25, 0.3) is 0 Å². The van der Waals surface area contributed by atoms with Crippen molar-refractivity contribution in [2.75, 3.05) is 11.9 Å². The number of nitrogens with one attached hydrogen (secondary N) is 1. The smallest absolute Gasteiger partial charge is 0.355 e. The zero-order valence-corrected chi connectivity index (χ0v) is 27.4. The predicted octanol–water partition coefficient (Wildman–Crippen LogP) is 10.9. The van der Waals surface area contributed by atoms with Crippen LogP contribution in [0.2, 0.25) is 0 Å². The van der Waals surface area contributed by atoms with E-state index in [9.17, 15) is 19.5 Å². The Kier molecular flexibility index (Phi) is 25.5. The van der Waals surface area contributed by atoms with E-state index in [-0.39, 0.29) is 18.3 Å². The van der Waals surface area contributed by atoms with E-state index < -0.39 is 5.97 Å². The minimum Gasteiger partial charge on any atom is -0.462 e. The Labute approximate surface area is 263 Å². The maximum absolute atomic E-state index is 12.3. The summed E-state index contributed by atoms with van der Waals surface area (Å²) in [5.41, 5.74) is 1.24. The number of ether oxygens (including phenoxy) is 1. The fraction of sp³-hybridized carbons (Fsp3) is 0.757. The molecule has 0 aliphatic carbocycles. The van der Waals surface area contributed by atoms with Gasteiger partial charge < -0.3 is 10.1 Å². The first kappa shape index (κ1) is 38.7. The van der Waals surface area contributed by atoms with Gasteiger partial charge in [-0.25, -0.2) is 14.7 Å². The Morgan fingerprint density at radius 3 is 1.37 bits per heavy atom. The summed E-state index contributed by atoms with van der Waals surface area (Å²) in [6.45, 7) is 2.69. The number of carbonyl (C=O) groups is 3. The molecule has 1 N–H and O–H groups in total. The molecule has 1 aromatic rings. The van der Waals surface area contributed by atoms with E-state index in [0.717, 1.165) is 50.6 Å². The fourth-order valence-corrected chi connectivity index (χ4v) is 5.43. The summed E-state index contributed by atoms with van der Waals surface area (Å²) < 4.78 is 5.44. The molecule has 0 unspecified atom stereocenters.